The lowest BCUT2D eigenvalue weighted by atomic mass is 10.1. The fourth-order valence-corrected chi connectivity index (χ4v) is 2.59. The Hall–Kier alpha value is -3.74. The zero-order valence-electron chi connectivity index (χ0n) is 15.6. The molecule has 0 aliphatic carbocycles. The third-order valence-electron chi connectivity index (χ3n) is 4.13. The van der Waals surface area contributed by atoms with Crippen molar-refractivity contribution >= 4 is 23.5 Å². The maximum Gasteiger partial charge on any atom is 0.337 e. The smallest absolute Gasteiger partial charge is 0.337 e. The predicted molar refractivity (Wildman–Crippen MR) is 105 cm³/mol. The number of methoxy groups -OCH3 is 1. The second-order valence-corrected chi connectivity index (χ2v) is 6.07. The highest BCUT2D eigenvalue weighted by Gasteiger charge is 2.10. The van der Waals surface area contributed by atoms with Crippen LogP contribution in [0.4, 0.5) is 11.6 Å². The van der Waals surface area contributed by atoms with Crippen molar-refractivity contribution in [2.24, 2.45) is 0 Å². The van der Waals surface area contributed by atoms with Gasteiger partial charge in [-0.1, -0.05) is 30.3 Å². The van der Waals surface area contributed by atoms with Crippen molar-refractivity contribution < 1.29 is 14.3 Å². The second kappa shape index (κ2) is 8.77. The number of carbonyl (C=O) groups excluding carboxylic acids is 2. The molecule has 0 saturated heterocycles. The summed E-state index contributed by atoms with van der Waals surface area (Å²) in [7, 11) is 1.32. The summed E-state index contributed by atoms with van der Waals surface area (Å²) in [6.07, 6.45) is 1.50. The number of aromatic nitrogens is 2. The van der Waals surface area contributed by atoms with Crippen molar-refractivity contribution in [2.75, 3.05) is 12.4 Å². The topological polar surface area (TPSA) is 93.2 Å². The van der Waals surface area contributed by atoms with Crippen molar-refractivity contribution in [1.82, 2.24) is 15.3 Å². The first-order valence-corrected chi connectivity index (χ1v) is 8.68. The Kier molecular flexibility index (Phi) is 5.96. The van der Waals surface area contributed by atoms with E-state index in [-0.39, 0.29) is 17.5 Å². The molecule has 1 amide bonds. The van der Waals surface area contributed by atoms with Crippen LogP contribution in [-0.2, 0) is 11.3 Å². The van der Waals surface area contributed by atoms with E-state index < -0.39 is 5.97 Å². The predicted octanol–water partition coefficient (Wildman–Crippen LogP) is 3.25. The van der Waals surface area contributed by atoms with Gasteiger partial charge in [0, 0.05) is 18.4 Å². The summed E-state index contributed by atoms with van der Waals surface area (Å²) in [4.78, 5) is 32.4. The highest BCUT2D eigenvalue weighted by molar-refractivity contribution is 5.92. The summed E-state index contributed by atoms with van der Waals surface area (Å²) in [6, 6.07) is 16.2. The second-order valence-electron chi connectivity index (χ2n) is 6.07. The summed E-state index contributed by atoms with van der Waals surface area (Å²) in [5.41, 5.74) is 3.41. The van der Waals surface area contributed by atoms with Gasteiger partial charge >= 0.3 is 5.97 Å². The minimum Gasteiger partial charge on any atom is -0.465 e. The summed E-state index contributed by atoms with van der Waals surface area (Å²) in [5.74, 6) is -0.475. The Morgan fingerprint density at radius 2 is 1.89 bits per heavy atom. The molecule has 28 heavy (non-hydrogen) atoms. The molecule has 7 nitrogen and oxygen atoms in total. The normalized spacial score (nSPS) is 10.2. The number of nitrogens with zero attached hydrogens (tertiary/aromatic N) is 2. The first-order chi connectivity index (χ1) is 13.6. The third-order valence-corrected chi connectivity index (χ3v) is 4.13. The van der Waals surface area contributed by atoms with Gasteiger partial charge in [-0.3, -0.25) is 4.79 Å². The van der Waals surface area contributed by atoms with Crippen molar-refractivity contribution in [3.05, 3.63) is 83.2 Å². The van der Waals surface area contributed by atoms with Crippen LogP contribution in [0.3, 0.4) is 0 Å². The standard InChI is InChI=1S/C21H20N4O3/c1-14-6-3-4-7-16(14)13-23-19(26)18-10-11-22-21(25-18)24-17-9-5-8-15(12-17)20(27)28-2/h3-12H,13H2,1-2H3,(H,23,26)(H,22,24,25). The summed E-state index contributed by atoms with van der Waals surface area (Å²) >= 11 is 0. The van der Waals surface area contributed by atoms with E-state index in [4.69, 9.17) is 4.74 Å². The molecular formula is C21H20N4O3. The number of benzene rings is 2. The molecule has 1 heterocycles. The molecule has 0 fully saturated rings. The number of nitrogens with one attached hydrogen (secondary N) is 2. The number of esters is 1. The van der Waals surface area contributed by atoms with E-state index in [0.717, 1.165) is 11.1 Å². The van der Waals surface area contributed by atoms with Crippen LogP contribution in [0.15, 0.2) is 60.8 Å². The maximum atomic E-state index is 12.4. The van der Waals surface area contributed by atoms with Crippen LogP contribution in [0.5, 0.6) is 0 Å². The molecule has 0 bridgehead atoms. The number of carbonyl (C=O) groups is 2. The highest BCUT2D eigenvalue weighted by Crippen LogP contribution is 2.15. The fraction of sp³-hybridized carbons (Fsp3) is 0.143. The van der Waals surface area contributed by atoms with Gasteiger partial charge < -0.3 is 15.4 Å². The molecule has 0 atom stereocenters. The fourth-order valence-electron chi connectivity index (χ4n) is 2.59. The molecule has 0 unspecified atom stereocenters. The van der Waals surface area contributed by atoms with Crippen LogP contribution in [0.1, 0.15) is 32.0 Å². The zero-order chi connectivity index (χ0) is 19.9. The SMILES string of the molecule is COC(=O)c1cccc(Nc2nccc(C(=O)NCc3ccccc3C)n2)c1. The van der Waals surface area contributed by atoms with Gasteiger partial charge in [0.05, 0.1) is 12.7 Å². The lowest BCUT2D eigenvalue weighted by Crippen LogP contribution is -2.24. The summed E-state index contributed by atoms with van der Waals surface area (Å²) in [5, 5.41) is 5.85. The number of hydrogen-bond donors (Lipinski definition) is 2. The van der Waals surface area contributed by atoms with E-state index in [1.807, 2.05) is 31.2 Å². The molecule has 0 radical (unpaired) electrons. The van der Waals surface area contributed by atoms with Crippen molar-refractivity contribution in [3.63, 3.8) is 0 Å². The Balaban J connectivity index is 1.69. The molecule has 2 N–H and O–H groups in total. The first-order valence-electron chi connectivity index (χ1n) is 8.68. The number of rotatable bonds is 6. The molecule has 0 spiro atoms. The number of anilines is 2. The van der Waals surface area contributed by atoms with Crippen LogP contribution in [0.25, 0.3) is 0 Å². The maximum absolute atomic E-state index is 12.4. The van der Waals surface area contributed by atoms with Crippen LogP contribution in [0.2, 0.25) is 0 Å². The lowest BCUT2D eigenvalue weighted by molar-refractivity contribution is 0.0600. The van der Waals surface area contributed by atoms with Crippen LogP contribution in [-0.4, -0.2) is 29.0 Å². The molecule has 3 aromatic rings. The first kappa shape index (κ1) is 19.0. The third kappa shape index (κ3) is 4.70. The van der Waals surface area contributed by atoms with Crippen LogP contribution >= 0.6 is 0 Å². The summed E-state index contributed by atoms with van der Waals surface area (Å²) in [6.45, 7) is 2.41. The average molecular weight is 376 g/mol. The van der Waals surface area contributed by atoms with Gasteiger partial charge in [-0.15, -0.1) is 0 Å². The van der Waals surface area contributed by atoms with Gasteiger partial charge in [0.15, 0.2) is 0 Å². The minimum absolute atomic E-state index is 0.246. The lowest BCUT2D eigenvalue weighted by Gasteiger charge is -2.09. The average Bonchev–Trinajstić information content (AvgIpc) is 2.72. The monoisotopic (exact) mass is 376 g/mol. The van der Waals surface area contributed by atoms with E-state index in [9.17, 15) is 9.59 Å². The van der Waals surface area contributed by atoms with E-state index in [1.165, 1.54) is 13.3 Å². The number of aryl methyl sites for hydroxylation is 1. The number of ether oxygens (including phenoxy) is 1. The van der Waals surface area contributed by atoms with E-state index >= 15 is 0 Å². The van der Waals surface area contributed by atoms with Crippen molar-refractivity contribution in [1.29, 1.82) is 0 Å². The van der Waals surface area contributed by atoms with Gasteiger partial charge in [0.1, 0.15) is 5.69 Å². The Morgan fingerprint density at radius 1 is 1.07 bits per heavy atom. The molecule has 142 valence electrons. The Morgan fingerprint density at radius 3 is 2.68 bits per heavy atom. The van der Waals surface area contributed by atoms with Gasteiger partial charge in [0.25, 0.3) is 5.91 Å². The Labute approximate surface area is 162 Å². The van der Waals surface area contributed by atoms with E-state index in [0.29, 0.717) is 17.8 Å². The van der Waals surface area contributed by atoms with Crippen LogP contribution in [0, 0.1) is 6.92 Å². The number of hydrogen-bond acceptors (Lipinski definition) is 6. The van der Waals surface area contributed by atoms with Gasteiger partial charge in [0.2, 0.25) is 5.95 Å². The molecule has 3 rings (SSSR count). The molecular weight excluding hydrogens is 356 g/mol. The molecule has 0 saturated carbocycles. The van der Waals surface area contributed by atoms with Crippen LogP contribution < -0.4 is 10.6 Å². The summed E-state index contributed by atoms with van der Waals surface area (Å²) < 4.78 is 4.71. The molecule has 2 aromatic carbocycles. The Bertz CT molecular complexity index is 1000. The van der Waals surface area contributed by atoms with Gasteiger partial charge in [-0.05, 0) is 42.3 Å². The molecule has 7 heteroatoms. The zero-order valence-corrected chi connectivity index (χ0v) is 15.6. The highest BCUT2D eigenvalue weighted by atomic mass is 16.5. The number of amides is 1. The van der Waals surface area contributed by atoms with E-state index in [2.05, 4.69) is 20.6 Å². The van der Waals surface area contributed by atoms with Crippen molar-refractivity contribution in [2.45, 2.75) is 13.5 Å². The largest absolute Gasteiger partial charge is 0.465 e. The van der Waals surface area contributed by atoms with Gasteiger partial charge in [-0.2, -0.15) is 0 Å². The van der Waals surface area contributed by atoms with Crippen molar-refractivity contribution in [3.8, 4) is 0 Å². The minimum atomic E-state index is -0.436. The van der Waals surface area contributed by atoms with Gasteiger partial charge in [-0.25, -0.2) is 14.8 Å². The molecule has 0 aliphatic rings. The molecule has 1 aromatic heterocycles. The van der Waals surface area contributed by atoms with E-state index in [1.54, 1.807) is 30.3 Å². The quantitative estimate of drug-likeness (QED) is 0.642. The molecule has 0 aliphatic heterocycles.